The normalized spacial score (nSPS) is 17.1. The van der Waals surface area contributed by atoms with E-state index in [-0.39, 0.29) is 23.5 Å². The largest absolute Gasteiger partial charge is 0.481 e. The van der Waals surface area contributed by atoms with E-state index in [1.807, 2.05) is 0 Å². The summed E-state index contributed by atoms with van der Waals surface area (Å²) < 4.78 is 0. The molecule has 0 spiro atoms. The quantitative estimate of drug-likeness (QED) is 0.610. The minimum atomic E-state index is -0.802. The summed E-state index contributed by atoms with van der Waals surface area (Å²) in [5.41, 5.74) is -0.451. The van der Waals surface area contributed by atoms with Gasteiger partial charge in [0.25, 0.3) is 0 Å². The molecule has 0 aromatic carbocycles. The Morgan fingerprint density at radius 2 is 1.95 bits per heavy atom. The molecule has 0 unspecified atom stereocenters. The van der Waals surface area contributed by atoms with Crippen molar-refractivity contribution in [2.24, 2.45) is 5.41 Å². The molecule has 2 rings (SSSR count). The highest BCUT2D eigenvalue weighted by Crippen LogP contribution is 2.39. The second-order valence-corrected chi connectivity index (χ2v) is 5.51. The van der Waals surface area contributed by atoms with Crippen molar-refractivity contribution in [3.63, 3.8) is 0 Å². The van der Waals surface area contributed by atoms with E-state index < -0.39 is 10.9 Å². The maximum Gasteiger partial charge on any atom is 0.305 e. The van der Waals surface area contributed by atoms with Crippen LogP contribution in [0.2, 0.25) is 0 Å². The molecule has 0 saturated heterocycles. The zero-order valence-electron chi connectivity index (χ0n) is 11.6. The number of hydrogen-bond donors (Lipinski definition) is 2. The minimum absolute atomic E-state index is 0.118. The molecule has 8 heteroatoms. The first kappa shape index (κ1) is 15.1. The number of rotatable bonds is 6. The van der Waals surface area contributed by atoms with Crippen LogP contribution in [0.15, 0.2) is 12.4 Å². The SMILES string of the molecule is O=C(O)CC1(CNc2ncc([N+](=O)[O-])cn2)CCCCC1. The predicted molar refractivity (Wildman–Crippen MR) is 74.9 cm³/mol. The Morgan fingerprint density at radius 1 is 1.33 bits per heavy atom. The lowest BCUT2D eigenvalue weighted by Gasteiger charge is -2.36. The van der Waals surface area contributed by atoms with Crippen molar-refractivity contribution in [1.82, 2.24) is 9.97 Å². The van der Waals surface area contributed by atoms with Crippen molar-refractivity contribution in [1.29, 1.82) is 0 Å². The van der Waals surface area contributed by atoms with Crippen molar-refractivity contribution in [2.45, 2.75) is 38.5 Å². The third-order valence-electron chi connectivity index (χ3n) is 3.91. The van der Waals surface area contributed by atoms with Crippen LogP contribution in [0.3, 0.4) is 0 Å². The summed E-state index contributed by atoms with van der Waals surface area (Å²) in [5.74, 6) is -0.515. The van der Waals surface area contributed by atoms with Gasteiger partial charge in [-0.2, -0.15) is 0 Å². The molecule has 8 nitrogen and oxygen atoms in total. The fourth-order valence-corrected chi connectivity index (χ4v) is 2.81. The van der Waals surface area contributed by atoms with Gasteiger partial charge in [-0.05, 0) is 18.3 Å². The summed E-state index contributed by atoms with van der Waals surface area (Å²) >= 11 is 0. The number of carboxylic acid groups (broad SMARTS) is 1. The van der Waals surface area contributed by atoms with E-state index in [1.165, 1.54) is 0 Å². The third-order valence-corrected chi connectivity index (χ3v) is 3.91. The zero-order chi connectivity index (χ0) is 15.3. The van der Waals surface area contributed by atoms with Gasteiger partial charge in [0.2, 0.25) is 5.95 Å². The second kappa shape index (κ2) is 6.47. The van der Waals surface area contributed by atoms with Crippen LogP contribution in [0.1, 0.15) is 38.5 Å². The Balaban J connectivity index is 2.00. The van der Waals surface area contributed by atoms with E-state index in [0.717, 1.165) is 44.5 Å². The number of hydrogen-bond acceptors (Lipinski definition) is 6. The molecule has 1 aromatic rings. The van der Waals surface area contributed by atoms with Crippen LogP contribution >= 0.6 is 0 Å². The van der Waals surface area contributed by atoms with Gasteiger partial charge in [-0.15, -0.1) is 0 Å². The van der Waals surface area contributed by atoms with Crippen LogP contribution in [0.5, 0.6) is 0 Å². The second-order valence-electron chi connectivity index (χ2n) is 5.51. The first-order valence-electron chi connectivity index (χ1n) is 6.93. The summed E-state index contributed by atoms with van der Waals surface area (Å²) in [6, 6.07) is 0. The number of anilines is 1. The van der Waals surface area contributed by atoms with Crippen LogP contribution in [0.25, 0.3) is 0 Å². The van der Waals surface area contributed by atoms with Crippen molar-refractivity contribution in [2.75, 3.05) is 11.9 Å². The smallest absolute Gasteiger partial charge is 0.305 e. The topological polar surface area (TPSA) is 118 Å². The average molecular weight is 294 g/mol. The Kier molecular flexibility index (Phi) is 4.66. The van der Waals surface area contributed by atoms with Crippen LogP contribution in [-0.4, -0.2) is 32.5 Å². The average Bonchev–Trinajstić information content (AvgIpc) is 2.46. The van der Waals surface area contributed by atoms with Gasteiger partial charge in [-0.3, -0.25) is 14.9 Å². The van der Waals surface area contributed by atoms with Gasteiger partial charge in [0.15, 0.2) is 0 Å². The van der Waals surface area contributed by atoms with Crippen molar-refractivity contribution < 1.29 is 14.8 Å². The van der Waals surface area contributed by atoms with Gasteiger partial charge in [0.1, 0.15) is 12.4 Å². The zero-order valence-corrected chi connectivity index (χ0v) is 11.6. The summed E-state index contributed by atoms with van der Waals surface area (Å²) in [6.07, 6.45) is 7.30. The minimum Gasteiger partial charge on any atom is -0.481 e. The van der Waals surface area contributed by atoms with E-state index in [1.54, 1.807) is 0 Å². The Labute approximate surface area is 121 Å². The molecule has 1 aliphatic carbocycles. The van der Waals surface area contributed by atoms with Gasteiger partial charge in [-0.1, -0.05) is 19.3 Å². The van der Waals surface area contributed by atoms with Gasteiger partial charge < -0.3 is 10.4 Å². The van der Waals surface area contributed by atoms with E-state index in [0.29, 0.717) is 6.54 Å². The highest BCUT2D eigenvalue weighted by Gasteiger charge is 2.34. The lowest BCUT2D eigenvalue weighted by atomic mass is 9.72. The third kappa shape index (κ3) is 4.11. The number of nitrogens with one attached hydrogen (secondary N) is 1. The molecule has 1 aromatic heterocycles. The molecule has 1 heterocycles. The lowest BCUT2D eigenvalue weighted by molar-refractivity contribution is -0.385. The molecule has 0 atom stereocenters. The molecule has 1 saturated carbocycles. The van der Waals surface area contributed by atoms with Gasteiger partial charge in [-0.25, -0.2) is 9.97 Å². The molecule has 114 valence electrons. The molecule has 2 N–H and O–H groups in total. The summed E-state index contributed by atoms with van der Waals surface area (Å²) in [5, 5.41) is 22.6. The number of nitrogens with zero attached hydrogens (tertiary/aromatic N) is 3. The first-order valence-corrected chi connectivity index (χ1v) is 6.93. The molecule has 0 aliphatic heterocycles. The molecular formula is C13H18N4O4. The Morgan fingerprint density at radius 3 is 2.48 bits per heavy atom. The molecule has 0 amide bonds. The molecule has 0 radical (unpaired) electrons. The summed E-state index contributed by atoms with van der Waals surface area (Å²) in [4.78, 5) is 28.8. The highest BCUT2D eigenvalue weighted by atomic mass is 16.6. The number of carbonyl (C=O) groups is 1. The van der Waals surface area contributed by atoms with Gasteiger partial charge >= 0.3 is 11.7 Å². The van der Waals surface area contributed by atoms with E-state index in [4.69, 9.17) is 5.11 Å². The van der Waals surface area contributed by atoms with Crippen LogP contribution in [0, 0.1) is 15.5 Å². The molecule has 21 heavy (non-hydrogen) atoms. The molecule has 1 aliphatic rings. The van der Waals surface area contributed by atoms with Gasteiger partial charge in [0.05, 0.1) is 11.3 Å². The Bertz CT molecular complexity index is 511. The van der Waals surface area contributed by atoms with Crippen molar-refractivity contribution in [3.8, 4) is 0 Å². The highest BCUT2D eigenvalue weighted by molar-refractivity contribution is 5.67. The Hall–Kier alpha value is -2.25. The van der Waals surface area contributed by atoms with Gasteiger partial charge in [0, 0.05) is 6.54 Å². The van der Waals surface area contributed by atoms with Crippen LogP contribution < -0.4 is 5.32 Å². The van der Waals surface area contributed by atoms with E-state index >= 15 is 0 Å². The number of aliphatic carboxylic acids is 1. The van der Waals surface area contributed by atoms with Crippen molar-refractivity contribution in [3.05, 3.63) is 22.5 Å². The fraction of sp³-hybridized carbons (Fsp3) is 0.615. The lowest BCUT2D eigenvalue weighted by Crippen LogP contribution is -2.34. The van der Waals surface area contributed by atoms with E-state index in [9.17, 15) is 14.9 Å². The van der Waals surface area contributed by atoms with Crippen molar-refractivity contribution >= 4 is 17.6 Å². The maximum absolute atomic E-state index is 11.1. The maximum atomic E-state index is 11.1. The predicted octanol–water partition coefficient (Wildman–Crippen LogP) is 2.22. The number of carboxylic acids is 1. The number of aromatic nitrogens is 2. The first-order chi connectivity index (χ1) is 10.0. The summed E-state index contributed by atoms with van der Waals surface area (Å²) in [7, 11) is 0. The standard InChI is InChI=1S/C13H18N4O4/c18-11(19)6-13(4-2-1-3-5-13)9-16-12-14-7-10(8-15-12)17(20)21/h7-8H,1-6,9H2,(H,18,19)(H,14,15,16). The summed E-state index contributed by atoms with van der Waals surface area (Å²) in [6.45, 7) is 0.469. The van der Waals surface area contributed by atoms with Crippen LogP contribution in [0.4, 0.5) is 11.6 Å². The van der Waals surface area contributed by atoms with E-state index in [2.05, 4.69) is 15.3 Å². The molecule has 0 bridgehead atoms. The fourth-order valence-electron chi connectivity index (χ4n) is 2.81. The van der Waals surface area contributed by atoms with Crippen LogP contribution in [-0.2, 0) is 4.79 Å². The number of nitro groups is 1. The monoisotopic (exact) mass is 294 g/mol. The molecule has 1 fully saturated rings. The molecular weight excluding hydrogens is 276 g/mol.